The highest BCUT2D eigenvalue weighted by Crippen LogP contribution is 2.24. The second kappa shape index (κ2) is 5.69. The molecule has 0 bridgehead atoms. The van der Waals surface area contributed by atoms with E-state index < -0.39 is 10.0 Å². The largest absolute Gasteiger partial charge is 0.354 e. The molecule has 2 heterocycles. The van der Waals surface area contributed by atoms with Gasteiger partial charge >= 0.3 is 0 Å². The van der Waals surface area contributed by atoms with Crippen LogP contribution in [-0.4, -0.2) is 50.7 Å². The van der Waals surface area contributed by atoms with Gasteiger partial charge in [-0.15, -0.1) is 0 Å². The Balaban J connectivity index is 1.82. The van der Waals surface area contributed by atoms with E-state index in [0.717, 1.165) is 6.42 Å². The maximum Gasteiger partial charge on any atom is 0.243 e. The van der Waals surface area contributed by atoms with Gasteiger partial charge in [-0.05, 0) is 30.7 Å². The quantitative estimate of drug-likeness (QED) is 0.844. The Kier molecular flexibility index (Phi) is 3.88. The molecule has 0 unspecified atom stereocenters. The molecule has 0 spiro atoms. The van der Waals surface area contributed by atoms with Crippen molar-refractivity contribution in [2.24, 2.45) is 0 Å². The SMILES string of the molecule is O=C1CN(S(=O)(=O)c2ccc(N3CCCC3=O)cc2)CCN1. The monoisotopic (exact) mass is 323 g/mol. The van der Waals surface area contributed by atoms with E-state index in [1.165, 1.54) is 16.4 Å². The van der Waals surface area contributed by atoms with Crippen LogP contribution in [0, 0.1) is 0 Å². The Bertz CT molecular complexity index is 699. The number of piperazine rings is 1. The summed E-state index contributed by atoms with van der Waals surface area (Å²) in [6, 6.07) is 6.26. The third-order valence-corrected chi connectivity index (χ3v) is 5.72. The summed E-state index contributed by atoms with van der Waals surface area (Å²) in [5.41, 5.74) is 0.706. The molecule has 0 atom stereocenters. The van der Waals surface area contributed by atoms with Crippen LogP contribution in [0.15, 0.2) is 29.2 Å². The first-order valence-corrected chi connectivity index (χ1v) is 8.60. The highest BCUT2D eigenvalue weighted by atomic mass is 32.2. The molecule has 1 N–H and O–H groups in total. The number of hydrogen-bond acceptors (Lipinski definition) is 4. The number of benzene rings is 1. The summed E-state index contributed by atoms with van der Waals surface area (Å²) in [5, 5.41) is 2.60. The van der Waals surface area contributed by atoms with Crippen molar-refractivity contribution in [1.29, 1.82) is 0 Å². The molecule has 118 valence electrons. The van der Waals surface area contributed by atoms with Crippen molar-refractivity contribution in [3.63, 3.8) is 0 Å². The van der Waals surface area contributed by atoms with Gasteiger partial charge in [-0.2, -0.15) is 4.31 Å². The van der Waals surface area contributed by atoms with Gasteiger partial charge in [0.25, 0.3) is 0 Å². The van der Waals surface area contributed by atoms with Gasteiger partial charge in [0, 0.05) is 31.7 Å². The Morgan fingerprint density at radius 3 is 2.36 bits per heavy atom. The molecule has 0 aliphatic carbocycles. The van der Waals surface area contributed by atoms with E-state index in [4.69, 9.17) is 0 Å². The lowest BCUT2D eigenvalue weighted by molar-refractivity contribution is -0.122. The molecule has 3 rings (SSSR count). The normalized spacial score (nSPS) is 20.3. The Morgan fingerprint density at radius 2 is 1.77 bits per heavy atom. The summed E-state index contributed by atoms with van der Waals surface area (Å²) in [7, 11) is -3.68. The topological polar surface area (TPSA) is 86.8 Å². The van der Waals surface area contributed by atoms with Crippen molar-refractivity contribution in [1.82, 2.24) is 9.62 Å². The van der Waals surface area contributed by atoms with Gasteiger partial charge in [-0.1, -0.05) is 0 Å². The van der Waals surface area contributed by atoms with E-state index in [9.17, 15) is 18.0 Å². The fourth-order valence-electron chi connectivity index (χ4n) is 2.69. The van der Waals surface area contributed by atoms with Crippen LogP contribution in [-0.2, 0) is 19.6 Å². The van der Waals surface area contributed by atoms with Gasteiger partial charge in [-0.3, -0.25) is 9.59 Å². The number of sulfonamides is 1. The number of nitrogens with zero attached hydrogens (tertiary/aromatic N) is 2. The van der Waals surface area contributed by atoms with Gasteiger partial charge in [0.1, 0.15) is 0 Å². The Labute approximate surface area is 128 Å². The van der Waals surface area contributed by atoms with E-state index in [2.05, 4.69) is 5.32 Å². The molecule has 2 saturated heterocycles. The lowest BCUT2D eigenvalue weighted by Crippen LogP contribution is -2.49. The zero-order valence-electron chi connectivity index (χ0n) is 12.0. The van der Waals surface area contributed by atoms with Crippen LogP contribution < -0.4 is 10.2 Å². The molecule has 0 aromatic heterocycles. The molecule has 2 aliphatic heterocycles. The third kappa shape index (κ3) is 2.71. The standard InChI is InChI=1S/C14H17N3O4S/c18-13-10-16(9-7-15-13)22(20,21)12-5-3-11(4-6-12)17-8-1-2-14(17)19/h3-6H,1-2,7-10H2,(H,15,18). The minimum atomic E-state index is -3.68. The molecule has 7 nitrogen and oxygen atoms in total. The zero-order chi connectivity index (χ0) is 15.7. The summed E-state index contributed by atoms with van der Waals surface area (Å²) in [6.07, 6.45) is 1.35. The average molecular weight is 323 g/mol. The van der Waals surface area contributed by atoms with E-state index in [1.54, 1.807) is 17.0 Å². The predicted octanol–water partition coefficient (Wildman–Crippen LogP) is -0.0661. The smallest absolute Gasteiger partial charge is 0.243 e. The van der Waals surface area contributed by atoms with E-state index in [0.29, 0.717) is 25.2 Å². The zero-order valence-corrected chi connectivity index (χ0v) is 12.8. The molecular formula is C14H17N3O4S. The lowest BCUT2D eigenvalue weighted by Gasteiger charge is -2.26. The predicted molar refractivity (Wildman–Crippen MR) is 79.8 cm³/mol. The summed E-state index contributed by atoms with van der Waals surface area (Å²) in [4.78, 5) is 24.8. The van der Waals surface area contributed by atoms with Gasteiger partial charge in [0.05, 0.1) is 11.4 Å². The van der Waals surface area contributed by atoms with E-state index in [-0.39, 0.29) is 29.8 Å². The number of carbonyl (C=O) groups excluding carboxylic acids is 2. The number of rotatable bonds is 3. The van der Waals surface area contributed by atoms with Crippen molar-refractivity contribution in [3.8, 4) is 0 Å². The van der Waals surface area contributed by atoms with Crippen molar-refractivity contribution < 1.29 is 18.0 Å². The first kappa shape index (κ1) is 15.0. The van der Waals surface area contributed by atoms with Crippen molar-refractivity contribution >= 4 is 27.5 Å². The Morgan fingerprint density at radius 1 is 1.05 bits per heavy atom. The van der Waals surface area contributed by atoms with Crippen molar-refractivity contribution in [2.75, 3.05) is 31.1 Å². The molecule has 2 fully saturated rings. The maximum atomic E-state index is 12.5. The number of amides is 2. The minimum absolute atomic E-state index is 0.0586. The minimum Gasteiger partial charge on any atom is -0.354 e. The average Bonchev–Trinajstić information content (AvgIpc) is 2.93. The third-order valence-electron chi connectivity index (χ3n) is 3.86. The fraction of sp³-hybridized carbons (Fsp3) is 0.429. The summed E-state index contributed by atoms with van der Waals surface area (Å²) >= 11 is 0. The molecular weight excluding hydrogens is 306 g/mol. The molecule has 2 aliphatic rings. The van der Waals surface area contributed by atoms with Crippen LogP contribution in [0.5, 0.6) is 0 Å². The first-order valence-electron chi connectivity index (χ1n) is 7.16. The molecule has 1 aromatic rings. The van der Waals surface area contributed by atoms with Crippen molar-refractivity contribution in [3.05, 3.63) is 24.3 Å². The number of nitrogens with one attached hydrogen (secondary N) is 1. The van der Waals surface area contributed by atoms with Crippen LogP contribution in [0.2, 0.25) is 0 Å². The van der Waals surface area contributed by atoms with Crippen LogP contribution in [0.25, 0.3) is 0 Å². The highest BCUT2D eigenvalue weighted by Gasteiger charge is 2.29. The fourth-order valence-corrected chi connectivity index (χ4v) is 4.09. The molecule has 8 heteroatoms. The maximum absolute atomic E-state index is 12.5. The second-order valence-electron chi connectivity index (χ2n) is 5.33. The molecule has 0 radical (unpaired) electrons. The van der Waals surface area contributed by atoms with Gasteiger partial charge in [-0.25, -0.2) is 8.42 Å². The number of anilines is 1. The molecule has 0 saturated carbocycles. The van der Waals surface area contributed by atoms with Crippen LogP contribution in [0.1, 0.15) is 12.8 Å². The van der Waals surface area contributed by atoms with Crippen LogP contribution >= 0.6 is 0 Å². The van der Waals surface area contributed by atoms with E-state index >= 15 is 0 Å². The van der Waals surface area contributed by atoms with Crippen molar-refractivity contribution in [2.45, 2.75) is 17.7 Å². The number of carbonyl (C=O) groups is 2. The van der Waals surface area contributed by atoms with Gasteiger partial charge < -0.3 is 10.2 Å². The van der Waals surface area contributed by atoms with Crippen LogP contribution in [0.4, 0.5) is 5.69 Å². The Hall–Kier alpha value is -1.93. The number of hydrogen-bond donors (Lipinski definition) is 1. The summed E-state index contributed by atoms with van der Waals surface area (Å²) < 4.78 is 26.2. The van der Waals surface area contributed by atoms with Crippen LogP contribution in [0.3, 0.4) is 0 Å². The van der Waals surface area contributed by atoms with E-state index in [1.807, 2.05) is 0 Å². The highest BCUT2D eigenvalue weighted by molar-refractivity contribution is 7.89. The lowest BCUT2D eigenvalue weighted by atomic mass is 10.3. The second-order valence-corrected chi connectivity index (χ2v) is 7.27. The molecule has 1 aromatic carbocycles. The van der Waals surface area contributed by atoms with Gasteiger partial charge in [0.15, 0.2) is 0 Å². The first-order chi connectivity index (χ1) is 10.5. The molecule has 22 heavy (non-hydrogen) atoms. The summed E-state index contributed by atoms with van der Waals surface area (Å²) in [5.74, 6) is -0.239. The summed E-state index contributed by atoms with van der Waals surface area (Å²) in [6.45, 7) is 1.09. The van der Waals surface area contributed by atoms with Gasteiger partial charge in [0.2, 0.25) is 21.8 Å². The molecule has 2 amide bonds.